The molecular formula is C14H23BrN2. The lowest BCUT2D eigenvalue weighted by molar-refractivity contribution is 0.558. The molecule has 0 fully saturated rings. The number of nitrogens with zero attached hydrogens (tertiary/aromatic N) is 1. The number of nitrogens with two attached hydrogens (primary N) is 1. The monoisotopic (exact) mass is 298 g/mol. The summed E-state index contributed by atoms with van der Waals surface area (Å²) in [6.45, 7) is 7.60. The Balaban J connectivity index is 2.96. The van der Waals surface area contributed by atoms with Gasteiger partial charge in [-0.3, -0.25) is 0 Å². The normalized spacial score (nSPS) is 14.5. The summed E-state index contributed by atoms with van der Waals surface area (Å²) in [5.74, 6) is 0.699. The first-order valence-electron chi connectivity index (χ1n) is 6.21. The Hall–Kier alpha value is -0.540. The van der Waals surface area contributed by atoms with Gasteiger partial charge in [0.05, 0.1) is 0 Å². The molecule has 0 bridgehead atoms. The molecule has 2 unspecified atom stereocenters. The second kappa shape index (κ2) is 6.41. The molecule has 0 spiro atoms. The van der Waals surface area contributed by atoms with E-state index in [0.717, 1.165) is 11.0 Å². The van der Waals surface area contributed by atoms with E-state index < -0.39 is 0 Å². The quantitative estimate of drug-likeness (QED) is 0.892. The van der Waals surface area contributed by atoms with Gasteiger partial charge in [0.25, 0.3) is 0 Å². The standard InChI is InChI=1S/C14H23BrN2/c1-5-10(2)9-17(4)14-7-6-12(15)8-13(14)11(3)16/h6-8,10-11H,5,9,16H2,1-4H3. The third kappa shape index (κ3) is 4.00. The average Bonchev–Trinajstić information content (AvgIpc) is 2.28. The summed E-state index contributed by atoms with van der Waals surface area (Å²) < 4.78 is 1.09. The Kier molecular flexibility index (Phi) is 5.47. The number of benzene rings is 1. The van der Waals surface area contributed by atoms with Crippen LogP contribution in [0, 0.1) is 5.92 Å². The Morgan fingerprint density at radius 1 is 1.35 bits per heavy atom. The van der Waals surface area contributed by atoms with E-state index in [0.29, 0.717) is 5.92 Å². The van der Waals surface area contributed by atoms with E-state index in [2.05, 4.69) is 59.9 Å². The molecule has 2 nitrogen and oxygen atoms in total. The predicted octanol–water partition coefficient (Wildman–Crippen LogP) is 3.95. The summed E-state index contributed by atoms with van der Waals surface area (Å²) in [7, 11) is 2.14. The Morgan fingerprint density at radius 2 is 2.00 bits per heavy atom. The predicted molar refractivity (Wildman–Crippen MR) is 79.5 cm³/mol. The maximum absolute atomic E-state index is 6.04. The van der Waals surface area contributed by atoms with E-state index in [4.69, 9.17) is 5.73 Å². The highest BCUT2D eigenvalue weighted by Gasteiger charge is 2.12. The number of anilines is 1. The van der Waals surface area contributed by atoms with Gasteiger partial charge >= 0.3 is 0 Å². The van der Waals surface area contributed by atoms with Gasteiger partial charge in [-0.2, -0.15) is 0 Å². The molecule has 1 aromatic carbocycles. The van der Waals surface area contributed by atoms with Gasteiger partial charge in [-0.15, -0.1) is 0 Å². The molecule has 17 heavy (non-hydrogen) atoms. The van der Waals surface area contributed by atoms with Gasteiger partial charge in [0.2, 0.25) is 0 Å². The highest BCUT2D eigenvalue weighted by Crippen LogP contribution is 2.28. The van der Waals surface area contributed by atoms with Gasteiger partial charge in [-0.25, -0.2) is 0 Å². The van der Waals surface area contributed by atoms with Crippen LogP contribution in [0.2, 0.25) is 0 Å². The van der Waals surface area contributed by atoms with Crippen molar-refractivity contribution in [3.63, 3.8) is 0 Å². The second-order valence-corrected chi connectivity index (χ2v) is 5.80. The molecule has 0 saturated carbocycles. The van der Waals surface area contributed by atoms with Crippen molar-refractivity contribution in [1.29, 1.82) is 0 Å². The fourth-order valence-electron chi connectivity index (χ4n) is 1.93. The van der Waals surface area contributed by atoms with Crippen LogP contribution in [0.15, 0.2) is 22.7 Å². The maximum atomic E-state index is 6.04. The SMILES string of the molecule is CCC(C)CN(C)c1ccc(Br)cc1C(C)N. The molecule has 1 aromatic rings. The van der Waals surface area contributed by atoms with Crippen LogP contribution in [-0.4, -0.2) is 13.6 Å². The van der Waals surface area contributed by atoms with Crippen molar-refractivity contribution in [2.24, 2.45) is 11.7 Å². The molecule has 0 saturated heterocycles. The van der Waals surface area contributed by atoms with Gasteiger partial charge in [-0.1, -0.05) is 36.2 Å². The molecule has 0 heterocycles. The summed E-state index contributed by atoms with van der Waals surface area (Å²) in [5.41, 5.74) is 8.48. The van der Waals surface area contributed by atoms with Crippen LogP contribution in [0.5, 0.6) is 0 Å². The highest BCUT2D eigenvalue weighted by molar-refractivity contribution is 9.10. The Labute approximate surface area is 113 Å². The third-order valence-corrected chi connectivity index (χ3v) is 3.67. The average molecular weight is 299 g/mol. The number of hydrogen-bond donors (Lipinski definition) is 1. The first-order valence-corrected chi connectivity index (χ1v) is 7.01. The molecule has 0 amide bonds. The number of hydrogen-bond acceptors (Lipinski definition) is 2. The first kappa shape index (κ1) is 14.5. The lowest BCUT2D eigenvalue weighted by atomic mass is 10.0. The summed E-state index contributed by atoms with van der Waals surface area (Å²) in [5, 5.41) is 0. The van der Waals surface area contributed by atoms with Crippen LogP contribution in [0.3, 0.4) is 0 Å². The molecule has 0 aliphatic carbocycles. The molecule has 1 rings (SSSR count). The van der Waals surface area contributed by atoms with Crippen molar-refractivity contribution in [3.8, 4) is 0 Å². The van der Waals surface area contributed by atoms with Crippen molar-refractivity contribution >= 4 is 21.6 Å². The fraction of sp³-hybridized carbons (Fsp3) is 0.571. The van der Waals surface area contributed by atoms with Crippen LogP contribution in [0.1, 0.15) is 38.8 Å². The summed E-state index contributed by atoms with van der Waals surface area (Å²) >= 11 is 3.50. The zero-order chi connectivity index (χ0) is 13.0. The smallest absolute Gasteiger partial charge is 0.0412 e. The van der Waals surface area contributed by atoms with E-state index >= 15 is 0 Å². The van der Waals surface area contributed by atoms with Crippen molar-refractivity contribution in [2.45, 2.75) is 33.2 Å². The van der Waals surface area contributed by atoms with Gasteiger partial charge in [-0.05, 0) is 36.6 Å². The lowest BCUT2D eigenvalue weighted by Gasteiger charge is -2.26. The van der Waals surface area contributed by atoms with Gasteiger partial charge in [0.15, 0.2) is 0 Å². The first-order chi connectivity index (χ1) is 7.95. The van der Waals surface area contributed by atoms with Gasteiger partial charge in [0.1, 0.15) is 0 Å². The highest BCUT2D eigenvalue weighted by atomic mass is 79.9. The minimum Gasteiger partial charge on any atom is -0.374 e. The van der Waals surface area contributed by atoms with Crippen LogP contribution in [0.25, 0.3) is 0 Å². The van der Waals surface area contributed by atoms with Crippen molar-refractivity contribution in [1.82, 2.24) is 0 Å². The molecule has 0 radical (unpaired) electrons. The third-order valence-electron chi connectivity index (χ3n) is 3.17. The van der Waals surface area contributed by atoms with E-state index in [9.17, 15) is 0 Å². The molecule has 2 atom stereocenters. The molecule has 3 heteroatoms. The molecular weight excluding hydrogens is 276 g/mol. The minimum atomic E-state index is 0.0573. The molecule has 0 aromatic heterocycles. The van der Waals surface area contributed by atoms with Crippen molar-refractivity contribution in [3.05, 3.63) is 28.2 Å². The van der Waals surface area contributed by atoms with E-state index in [1.807, 2.05) is 6.92 Å². The van der Waals surface area contributed by atoms with Gasteiger partial charge < -0.3 is 10.6 Å². The van der Waals surface area contributed by atoms with E-state index in [1.165, 1.54) is 17.7 Å². The van der Waals surface area contributed by atoms with E-state index in [-0.39, 0.29) is 6.04 Å². The number of rotatable bonds is 5. The van der Waals surface area contributed by atoms with Crippen LogP contribution >= 0.6 is 15.9 Å². The topological polar surface area (TPSA) is 29.3 Å². The Morgan fingerprint density at radius 3 is 2.53 bits per heavy atom. The zero-order valence-corrected chi connectivity index (χ0v) is 12.8. The minimum absolute atomic E-state index is 0.0573. The number of halogens is 1. The molecule has 96 valence electrons. The summed E-state index contributed by atoms with van der Waals surface area (Å²) in [4.78, 5) is 2.30. The summed E-state index contributed by atoms with van der Waals surface area (Å²) in [6.07, 6.45) is 1.20. The van der Waals surface area contributed by atoms with Crippen LogP contribution in [0.4, 0.5) is 5.69 Å². The molecule has 0 aliphatic rings. The largest absolute Gasteiger partial charge is 0.374 e. The van der Waals surface area contributed by atoms with Crippen LogP contribution in [-0.2, 0) is 0 Å². The fourth-order valence-corrected chi connectivity index (χ4v) is 2.31. The van der Waals surface area contributed by atoms with Crippen molar-refractivity contribution < 1.29 is 0 Å². The molecule has 0 aliphatic heterocycles. The van der Waals surface area contributed by atoms with Crippen LogP contribution < -0.4 is 10.6 Å². The Bertz CT molecular complexity index is 363. The zero-order valence-electron chi connectivity index (χ0n) is 11.2. The maximum Gasteiger partial charge on any atom is 0.0412 e. The lowest BCUT2D eigenvalue weighted by Crippen LogP contribution is -2.25. The van der Waals surface area contributed by atoms with E-state index in [1.54, 1.807) is 0 Å². The van der Waals surface area contributed by atoms with Crippen molar-refractivity contribution in [2.75, 3.05) is 18.5 Å². The van der Waals surface area contributed by atoms with Gasteiger partial charge in [0, 0.05) is 29.8 Å². The summed E-state index contributed by atoms with van der Waals surface area (Å²) in [6, 6.07) is 6.40. The second-order valence-electron chi connectivity index (χ2n) is 4.89. The molecule has 2 N–H and O–H groups in total.